The quantitative estimate of drug-likeness (QED) is 0.240. The van der Waals surface area contributed by atoms with Gasteiger partial charge in [-0.25, -0.2) is 9.37 Å². The van der Waals surface area contributed by atoms with Crippen LogP contribution in [0.1, 0.15) is 19.2 Å². The third-order valence-electron chi connectivity index (χ3n) is 4.06. The van der Waals surface area contributed by atoms with Crippen LogP contribution in [0.3, 0.4) is 0 Å². The first-order chi connectivity index (χ1) is 13.0. The normalized spacial score (nSPS) is 12.8. The zero-order chi connectivity index (χ0) is 19.3. The number of benzene rings is 2. The van der Waals surface area contributed by atoms with E-state index in [2.05, 4.69) is 15.0 Å². The zero-order valence-electron chi connectivity index (χ0n) is 14.7. The summed E-state index contributed by atoms with van der Waals surface area (Å²) in [6.45, 7) is 0.940. The first kappa shape index (κ1) is 18.4. The third-order valence-corrected chi connectivity index (χ3v) is 4.06. The molecule has 3 rings (SSSR count). The van der Waals surface area contributed by atoms with Crippen molar-refractivity contribution in [3.8, 4) is 22.6 Å². The molecule has 3 aromatic rings. The summed E-state index contributed by atoms with van der Waals surface area (Å²) >= 11 is 0. The van der Waals surface area contributed by atoms with Crippen LogP contribution in [0.25, 0.3) is 33.0 Å². The summed E-state index contributed by atoms with van der Waals surface area (Å²) in [6, 6.07) is 19.0. The van der Waals surface area contributed by atoms with Crippen LogP contribution in [-0.4, -0.2) is 16.6 Å². The Bertz CT molecular complexity index is 921. The fourth-order valence-electron chi connectivity index (χ4n) is 2.64. The van der Waals surface area contributed by atoms with Gasteiger partial charge in [0.1, 0.15) is 5.69 Å². The van der Waals surface area contributed by atoms with Crippen LogP contribution in [0, 0.1) is 0 Å². The number of rotatable bonds is 7. The van der Waals surface area contributed by atoms with Crippen LogP contribution < -0.4 is 0 Å². The molecule has 0 aliphatic carbocycles. The smallest absolute Gasteiger partial charge is 0.243 e. The number of halogens is 1. The number of nitrogens with zero attached hydrogens (tertiary/aromatic N) is 4. The second kappa shape index (κ2) is 7.85. The number of Topliss-reactive ketones (excluding diaryl/α,β-unsaturated/α-hetero) is 1. The highest BCUT2D eigenvalue weighted by molar-refractivity contribution is 5.86. The summed E-state index contributed by atoms with van der Waals surface area (Å²) in [5.74, 6) is -2.49. The second-order valence-corrected chi connectivity index (χ2v) is 6.08. The maximum atomic E-state index is 14.0. The predicted molar refractivity (Wildman–Crippen MR) is 99.4 cm³/mol. The van der Waals surface area contributed by atoms with Crippen molar-refractivity contribution in [1.82, 2.24) is 4.98 Å². The second-order valence-electron chi connectivity index (χ2n) is 6.08. The molecule has 1 aromatic heterocycles. The van der Waals surface area contributed by atoms with E-state index in [0.717, 1.165) is 18.1 Å². The summed E-state index contributed by atoms with van der Waals surface area (Å²) in [4.78, 5) is 18.8. The van der Waals surface area contributed by atoms with Crippen molar-refractivity contribution in [1.29, 1.82) is 0 Å². The van der Waals surface area contributed by atoms with Gasteiger partial charge in [0.2, 0.25) is 5.79 Å². The number of hydrogen-bond acceptors (Lipinski definition) is 4. The van der Waals surface area contributed by atoms with Crippen LogP contribution in [0.15, 0.2) is 70.2 Å². The molecule has 27 heavy (non-hydrogen) atoms. The third kappa shape index (κ3) is 4.22. The van der Waals surface area contributed by atoms with Crippen molar-refractivity contribution in [2.75, 3.05) is 0 Å². The highest BCUT2D eigenvalue weighted by Crippen LogP contribution is 2.33. The summed E-state index contributed by atoms with van der Waals surface area (Å²) in [5.41, 5.74) is 10.7. The Balaban J connectivity index is 1.91. The number of oxazole rings is 1. The van der Waals surface area contributed by atoms with E-state index in [1.165, 1.54) is 0 Å². The summed E-state index contributed by atoms with van der Waals surface area (Å²) in [7, 11) is 0. The SMILES string of the molecule is CC(F)(N=[N+]=[N-])C(=O)CCc1nc(-c2ccccc2)c(-c2ccccc2)o1. The standard InChI is InChI=1S/C20H17FN4O2/c1-20(21,24-25-22)16(26)12-13-17-23-18(14-8-4-2-5-9-14)19(27-17)15-10-6-3-7-11-15/h2-11H,12-13H2,1H3. The first-order valence-corrected chi connectivity index (χ1v) is 8.40. The molecule has 0 aliphatic heterocycles. The Hall–Kier alpha value is -3.44. The van der Waals surface area contributed by atoms with E-state index < -0.39 is 11.6 Å². The molecule has 0 amide bonds. The highest BCUT2D eigenvalue weighted by Gasteiger charge is 2.31. The molecule has 0 saturated heterocycles. The van der Waals surface area contributed by atoms with E-state index in [9.17, 15) is 9.18 Å². The van der Waals surface area contributed by atoms with Gasteiger partial charge in [-0.2, -0.15) is 0 Å². The minimum Gasteiger partial charge on any atom is -0.440 e. The van der Waals surface area contributed by atoms with Gasteiger partial charge in [0, 0.05) is 28.9 Å². The molecule has 6 nitrogen and oxygen atoms in total. The first-order valence-electron chi connectivity index (χ1n) is 8.40. The molecule has 1 heterocycles. The van der Waals surface area contributed by atoms with Crippen LogP contribution in [-0.2, 0) is 11.2 Å². The Labute approximate surface area is 155 Å². The van der Waals surface area contributed by atoms with Gasteiger partial charge in [-0.3, -0.25) is 4.79 Å². The van der Waals surface area contributed by atoms with Crippen molar-refractivity contribution in [2.24, 2.45) is 5.11 Å². The average molecular weight is 364 g/mol. The molecule has 0 saturated carbocycles. The van der Waals surface area contributed by atoms with Crippen LogP contribution in [0.4, 0.5) is 4.39 Å². The Morgan fingerprint density at radius 3 is 2.33 bits per heavy atom. The average Bonchev–Trinajstić information content (AvgIpc) is 3.12. The van der Waals surface area contributed by atoms with Crippen LogP contribution in [0.5, 0.6) is 0 Å². The van der Waals surface area contributed by atoms with Crippen molar-refractivity contribution < 1.29 is 13.6 Å². The molecule has 0 spiro atoms. The van der Waals surface area contributed by atoms with Crippen molar-refractivity contribution in [3.05, 3.63) is 77.0 Å². The number of aryl methyl sites for hydroxylation is 1. The molecule has 0 fully saturated rings. The van der Waals surface area contributed by atoms with Gasteiger partial charge in [0.25, 0.3) is 0 Å². The number of carbonyl (C=O) groups is 1. The number of carbonyl (C=O) groups excluding carboxylic acids is 1. The lowest BCUT2D eigenvalue weighted by molar-refractivity contribution is -0.129. The van der Waals surface area contributed by atoms with E-state index in [4.69, 9.17) is 9.95 Å². The number of hydrogen-bond donors (Lipinski definition) is 0. The molecular weight excluding hydrogens is 347 g/mol. The number of alkyl halides is 1. The Kier molecular flexibility index (Phi) is 5.33. The number of azide groups is 1. The van der Waals surface area contributed by atoms with E-state index in [1.54, 1.807) is 0 Å². The topological polar surface area (TPSA) is 91.9 Å². The largest absolute Gasteiger partial charge is 0.440 e. The highest BCUT2D eigenvalue weighted by atomic mass is 19.1. The molecule has 2 aromatic carbocycles. The van der Waals surface area contributed by atoms with E-state index in [1.807, 2.05) is 60.7 Å². The van der Waals surface area contributed by atoms with Crippen molar-refractivity contribution >= 4 is 5.78 Å². The lowest BCUT2D eigenvalue weighted by Gasteiger charge is -2.10. The number of ketones is 1. The van der Waals surface area contributed by atoms with Crippen LogP contribution >= 0.6 is 0 Å². The molecule has 7 heteroatoms. The lowest BCUT2D eigenvalue weighted by Crippen LogP contribution is -2.27. The van der Waals surface area contributed by atoms with Crippen molar-refractivity contribution in [2.45, 2.75) is 25.6 Å². The maximum Gasteiger partial charge on any atom is 0.243 e. The summed E-state index contributed by atoms with van der Waals surface area (Å²) < 4.78 is 19.9. The van der Waals surface area contributed by atoms with Crippen LogP contribution in [0.2, 0.25) is 0 Å². The predicted octanol–water partition coefficient (Wildman–Crippen LogP) is 5.51. The minimum absolute atomic E-state index is 0.103. The fourth-order valence-corrected chi connectivity index (χ4v) is 2.64. The fraction of sp³-hybridized carbons (Fsp3) is 0.200. The molecule has 0 N–H and O–H groups in total. The van der Waals surface area contributed by atoms with Gasteiger partial charge in [0.05, 0.1) is 0 Å². The molecule has 0 bridgehead atoms. The van der Waals surface area contributed by atoms with Gasteiger partial charge < -0.3 is 4.42 Å². The molecule has 1 atom stereocenters. The summed E-state index contributed by atoms with van der Waals surface area (Å²) in [6.07, 6.45) is -0.0824. The number of aromatic nitrogens is 1. The minimum atomic E-state index is -2.58. The van der Waals surface area contributed by atoms with Gasteiger partial charge in [-0.15, -0.1) is 0 Å². The van der Waals surface area contributed by atoms with E-state index >= 15 is 0 Å². The van der Waals surface area contributed by atoms with Gasteiger partial charge >= 0.3 is 0 Å². The van der Waals surface area contributed by atoms with E-state index in [-0.39, 0.29) is 12.8 Å². The van der Waals surface area contributed by atoms with Crippen molar-refractivity contribution in [3.63, 3.8) is 0 Å². The Morgan fingerprint density at radius 2 is 1.74 bits per heavy atom. The maximum absolute atomic E-state index is 14.0. The van der Waals surface area contributed by atoms with Gasteiger partial charge in [-0.1, -0.05) is 60.7 Å². The molecule has 1 unspecified atom stereocenters. The zero-order valence-corrected chi connectivity index (χ0v) is 14.7. The van der Waals surface area contributed by atoms with E-state index in [0.29, 0.717) is 17.3 Å². The lowest BCUT2D eigenvalue weighted by atomic mass is 10.1. The van der Waals surface area contributed by atoms with Gasteiger partial charge in [0.15, 0.2) is 17.4 Å². The van der Waals surface area contributed by atoms with Gasteiger partial charge in [-0.05, 0) is 17.6 Å². The summed E-state index contributed by atoms with van der Waals surface area (Å²) in [5, 5.41) is 2.90. The molecule has 136 valence electrons. The molecular formula is C20H17FN4O2. The molecule has 0 aliphatic rings. The monoisotopic (exact) mass is 364 g/mol. The molecule has 0 radical (unpaired) electrons. The Morgan fingerprint density at radius 1 is 1.15 bits per heavy atom.